The predicted molar refractivity (Wildman–Crippen MR) is 126 cm³/mol. The molecule has 2 aromatic rings. The molecule has 2 rings (SSSR count). The Kier molecular flexibility index (Phi) is 12.9. The molecule has 0 aromatic heterocycles. The highest BCUT2D eigenvalue weighted by Gasteiger charge is 2.13. The summed E-state index contributed by atoms with van der Waals surface area (Å²) in [5.74, 6) is 2.61. The molecule has 0 unspecified atom stereocenters. The fraction of sp³-hybridized carbons (Fsp3) is 0.259. The van der Waals surface area contributed by atoms with E-state index < -0.39 is 0 Å². The Labute approximate surface area is 168 Å². The molecule has 0 amide bonds. The molecule has 0 heterocycles. The predicted octanol–water partition coefficient (Wildman–Crippen LogP) is 7.49. The molecule has 0 N–H and O–H groups in total. The van der Waals surface area contributed by atoms with Gasteiger partial charge in [-0.25, -0.2) is 0 Å². The van der Waals surface area contributed by atoms with Crippen molar-refractivity contribution in [2.45, 2.75) is 49.0 Å². The average Bonchev–Trinajstić information content (AvgIpc) is 2.66. The minimum absolute atomic E-state index is 0. The molecule has 0 radical (unpaired) electrons. The van der Waals surface area contributed by atoms with Gasteiger partial charge in [0.25, 0.3) is 0 Å². The molecule has 142 valence electrons. The van der Waals surface area contributed by atoms with Gasteiger partial charge >= 0.3 is 0 Å². The zero-order valence-corrected chi connectivity index (χ0v) is 15.6. The minimum Gasteiger partial charge on any atom is -0.124 e. The van der Waals surface area contributed by atoms with E-state index in [9.17, 15) is 0 Å². The maximum absolute atomic E-state index is 5.43. The first-order valence-corrected chi connectivity index (χ1v) is 8.45. The van der Waals surface area contributed by atoms with Crippen LogP contribution in [0.2, 0.25) is 0 Å². The van der Waals surface area contributed by atoms with Crippen LogP contribution < -0.4 is 0 Å². The van der Waals surface area contributed by atoms with Gasteiger partial charge in [-0.05, 0) is 78.3 Å². The lowest BCUT2D eigenvalue weighted by Gasteiger charge is -2.17. The molecule has 0 aliphatic carbocycles. The normalized spacial score (nSPS) is 10.0. The van der Waals surface area contributed by atoms with Gasteiger partial charge in [0, 0.05) is 0 Å². The Hall–Kier alpha value is -2.96. The van der Waals surface area contributed by atoms with E-state index in [1.807, 2.05) is 0 Å². The number of terminal acetylenes is 2. The number of hydrogen-bond acceptors (Lipinski definition) is 0. The molecule has 0 aliphatic heterocycles. The smallest absolute Gasteiger partial charge is 0.0106 e. The number of rotatable bonds is 4. The van der Waals surface area contributed by atoms with Gasteiger partial charge in [-0.15, -0.1) is 19.3 Å². The lowest BCUT2D eigenvalue weighted by molar-refractivity contribution is 1.13. The quantitative estimate of drug-likeness (QED) is 0.497. The van der Waals surface area contributed by atoms with Crippen molar-refractivity contribution in [3.8, 4) is 25.2 Å². The van der Waals surface area contributed by atoms with Gasteiger partial charge in [0.2, 0.25) is 0 Å². The highest BCUT2D eigenvalue weighted by molar-refractivity contribution is 5.86. The van der Waals surface area contributed by atoms with E-state index in [1.165, 1.54) is 39.0 Å². The van der Waals surface area contributed by atoms with E-state index in [4.69, 9.17) is 6.42 Å². The molecule has 0 aliphatic rings. The van der Waals surface area contributed by atoms with E-state index in [-0.39, 0.29) is 14.9 Å². The third kappa shape index (κ3) is 6.06. The van der Waals surface area contributed by atoms with Crippen LogP contribution in [0, 0.1) is 39.0 Å². The zero-order chi connectivity index (χ0) is 18.8. The molecule has 27 heavy (non-hydrogen) atoms. The number of aryl methyl sites for hydroxylation is 2. The summed E-state index contributed by atoms with van der Waals surface area (Å²) < 4.78 is 0. The zero-order valence-electron chi connectivity index (χ0n) is 15.6. The summed E-state index contributed by atoms with van der Waals surface area (Å²) in [5.41, 5.74) is 8.95. The minimum atomic E-state index is 0. The summed E-state index contributed by atoms with van der Waals surface area (Å²) in [7, 11) is 0. The average molecular weight is 359 g/mol. The first kappa shape index (κ1) is 26.3. The molecule has 0 atom stereocenters. The second-order valence-corrected chi connectivity index (χ2v) is 5.68. The summed E-state index contributed by atoms with van der Waals surface area (Å²) >= 11 is 0. The van der Waals surface area contributed by atoms with Crippen LogP contribution in [0.25, 0.3) is 11.6 Å². The Morgan fingerprint density at radius 3 is 2.19 bits per heavy atom. The molecular weight excluding hydrogens is 324 g/mol. The van der Waals surface area contributed by atoms with E-state index in [2.05, 4.69) is 95.0 Å². The molecule has 0 fully saturated rings. The van der Waals surface area contributed by atoms with Crippen LogP contribution >= 0.6 is 0 Å². The van der Waals surface area contributed by atoms with Crippen LogP contribution in [0.4, 0.5) is 0 Å². The van der Waals surface area contributed by atoms with Crippen LogP contribution in [-0.2, 0) is 6.42 Å². The summed E-state index contributed by atoms with van der Waals surface area (Å²) in [6.07, 6.45) is 20.5. The Bertz CT molecular complexity index is 836. The molecule has 2 aromatic carbocycles. The summed E-state index contributed by atoms with van der Waals surface area (Å²) in [6.45, 7) is 8.60. The Morgan fingerprint density at radius 2 is 1.63 bits per heavy atom. The fourth-order valence-electron chi connectivity index (χ4n) is 2.97. The van der Waals surface area contributed by atoms with Crippen LogP contribution in [0.15, 0.2) is 48.6 Å². The largest absolute Gasteiger partial charge is 0.124 e. The summed E-state index contributed by atoms with van der Waals surface area (Å²) in [4.78, 5) is 0. The monoisotopic (exact) mass is 358 g/mol. The van der Waals surface area contributed by atoms with E-state index in [1.54, 1.807) is 6.08 Å². The standard InChI is InChI=1S/C23H24.C2H2.2CH4/c1-6-9-13-21-18(5)17(4)15-16-23(21)20(8-3)22-14-11-10-12-19(22)7-2;1-2;;/h1,8-16H,7H2,2-5H3;1-2H;2*1H4/b13-9-,20-8+;;;. The SMILES string of the molecule is C.C.C#C.C#C/C=C\c1c(/C(=C/C)c2ccccc2CC)ccc(C)c1C. The van der Waals surface area contributed by atoms with Crippen LogP contribution in [0.1, 0.15) is 62.1 Å². The Balaban J connectivity index is 0. The number of hydrogen-bond donors (Lipinski definition) is 0. The first-order chi connectivity index (χ1) is 12.1. The maximum atomic E-state index is 5.43. The molecular formula is C27H34. The van der Waals surface area contributed by atoms with Gasteiger partial charge in [0.1, 0.15) is 0 Å². The van der Waals surface area contributed by atoms with Gasteiger partial charge in [-0.1, -0.05) is 70.2 Å². The maximum Gasteiger partial charge on any atom is -0.0106 e. The van der Waals surface area contributed by atoms with Crippen molar-refractivity contribution >= 4 is 11.6 Å². The van der Waals surface area contributed by atoms with Crippen molar-refractivity contribution in [3.63, 3.8) is 0 Å². The molecule has 0 saturated heterocycles. The van der Waals surface area contributed by atoms with Gasteiger partial charge in [0.05, 0.1) is 0 Å². The van der Waals surface area contributed by atoms with Gasteiger partial charge in [-0.3, -0.25) is 0 Å². The second-order valence-electron chi connectivity index (χ2n) is 5.68. The van der Waals surface area contributed by atoms with E-state index >= 15 is 0 Å². The van der Waals surface area contributed by atoms with Crippen LogP contribution in [0.3, 0.4) is 0 Å². The molecule has 0 spiro atoms. The van der Waals surface area contributed by atoms with Gasteiger partial charge in [-0.2, -0.15) is 0 Å². The third-order valence-electron chi connectivity index (χ3n) is 4.40. The van der Waals surface area contributed by atoms with Crippen molar-refractivity contribution in [3.05, 3.63) is 81.9 Å². The third-order valence-corrected chi connectivity index (χ3v) is 4.40. The number of benzene rings is 2. The summed E-state index contributed by atoms with van der Waals surface area (Å²) in [6, 6.07) is 13.0. The van der Waals surface area contributed by atoms with Gasteiger partial charge in [0.15, 0.2) is 0 Å². The first-order valence-electron chi connectivity index (χ1n) is 8.45. The van der Waals surface area contributed by atoms with Crippen LogP contribution in [0.5, 0.6) is 0 Å². The van der Waals surface area contributed by atoms with E-state index in [0.29, 0.717) is 0 Å². The Morgan fingerprint density at radius 1 is 1.00 bits per heavy atom. The highest BCUT2D eigenvalue weighted by atomic mass is 14.2. The van der Waals surface area contributed by atoms with E-state index in [0.717, 1.165) is 6.42 Å². The van der Waals surface area contributed by atoms with Crippen molar-refractivity contribution in [1.29, 1.82) is 0 Å². The molecule has 0 bridgehead atoms. The summed E-state index contributed by atoms with van der Waals surface area (Å²) in [5, 5.41) is 0. The lowest BCUT2D eigenvalue weighted by atomic mass is 9.87. The molecule has 0 heteroatoms. The molecule has 0 saturated carbocycles. The lowest BCUT2D eigenvalue weighted by Crippen LogP contribution is -1.99. The van der Waals surface area contributed by atoms with Gasteiger partial charge < -0.3 is 0 Å². The van der Waals surface area contributed by atoms with Crippen molar-refractivity contribution < 1.29 is 0 Å². The topological polar surface area (TPSA) is 0 Å². The fourth-order valence-corrected chi connectivity index (χ4v) is 2.97. The van der Waals surface area contributed by atoms with Crippen molar-refractivity contribution in [1.82, 2.24) is 0 Å². The van der Waals surface area contributed by atoms with Crippen LogP contribution in [-0.4, -0.2) is 0 Å². The highest BCUT2D eigenvalue weighted by Crippen LogP contribution is 2.32. The number of allylic oxidation sites excluding steroid dienone is 2. The van der Waals surface area contributed by atoms with Crippen molar-refractivity contribution in [2.75, 3.05) is 0 Å². The molecule has 0 nitrogen and oxygen atoms in total. The van der Waals surface area contributed by atoms with Crippen molar-refractivity contribution in [2.24, 2.45) is 0 Å². The second kappa shape index (κ2) is 13.3.